The van der Waals surface area contributed by atoms with E-state index in [9.17, 15) is 4.79 Å². The predicted molar refractivity (Wildman–Crippen MR) is 47.0 cm³/mol. The standard InChI is InChI=1S/C7H15NO2.ClH/c1-5-7(2,8-3)6(9)10-4;/h8H,5H2,1-4H3;1H. The van der Waals surface area contributed by atoms with E-state index in [1.807, 2.05) is 13.8 Å². The minimum absolute atomic E-state index is 0. The molecule has 0 aliphatic rings. The van der Waals surface area contributed by atoms with Crippen molar-refractivity contribution in [2.75, 3.05) is 14.2 Å². The molecule has 0 aromatic heterocycles. The van der Waals surface area contributed by atoms with Gasteiger partial charge in [-0.15, -0.1) is 12.4 Å². The summed E-state index contributed by atoms with van der Waals surface area (Å²) in [6, 6.07) is 0. The van der Waals surface area contributed by atoms with Crippen molar-refractivity contribution < 1.29 is 9.53 Å². The number of hydrogen-bond acceptors (Lipinski definition) is 3. The molecule has 68 valence electrons. The van der Waals surface area contributed by atoms with Gasteiger partial charge < -0.3 is 10.1 Å². The lowest BCUT2D eigenvalue weighted by Crippen LogP contribution is -2.47. The zero-order valence-corrected chi connectivity index (χ0v) is 8.25. The molecule has 0 radical (unpaired) electrons. The molecule has 0 fully saturated rings. The fourth-order valence-electron chi connectivity index (χ4n) is 0.648. The molecule has 11 heavy (non-hydrogen) atoms. The minimum atomic E-state index is -0.519. The second-order valence-electron chi connectivity index (χ2n) is 2.43. The number of methoxy groups -OCH3 is 1. The third-order valence-corrected chi connectivity index (χ3v) is 1.89. The van der Waals surface area contributed by atoms with Gasteiger partial charge in [0.25, 0.3) is 0 Å². The fraction of sp³-hybridized carbons (Fsp3) is 0.857. The monoisotopic (exact) mass is 181 g/mol. The first-order chi connectivity index (χ1) is 4.60. The Kier molecular flexibility index (Phi) is 6.52. The Hall–Kier alpha value is -0.280. The van der Waals surface area contributed by atoms with E-state index < -0.39 is 5.54 Å². The third kappa shape index (κ3) is 3.08. The summed E-state index contributed by atoms with van der Waals surface area (Å²) in [7, 11) is 3.15. The Labute approximate surface area is 73.9 Å². The van der Waals surface area contributed by atoms with Gasteiger partial charge >= 0.3 is 5.97 Å². The number of carbonyl (C=O) groups excluding carboxylic acids is 1. The van der Waals surface area contributed by atoms with Gasteiger partial charge in [-0.3, -0.25) is 4.79 Å². The summed E-state index contributed by atoms with van der Waals surface area (Å²) in [4.78, 5) is 11.0. The largest absolute Gasteiger partial charge is 0.468 e. The maximum Gasteiger partial charge on any atom is 0.325 e. The summed E-state index contributed by atoms with van der Waals surface area (Å²) in [5.41, 5.74) is -0.519. The van der Waals surface area contributed by atoms with Crippen LogP contribution >= 0.6 is 12.4 Å². The molecule has 0 aromatic rings. The molecule has 1 N–H and O–H groups in total. The van der Waals surface area contributed by atoms with Gasteiger partial charge in [-0.1, -0.05) is 6.92 Å². The number of ether oxygens (including phenoxy) is 1. The summed E-state index contributed by atoms with van der Waals surface area (Å²) in [5, 5.41) is 2.90. The normalized spacial score (nSPS) is 14.5. The molecule has 0 heterocycles. The number of rotatable bonds is 3. The molecular formula is C7H16ClNO2. The number of halogens is 1. The average molecular weight is 182 g/mol. The summed E-state index contributed by atoms with van der Waals surface area (Å²) in [5.74, 6) is -0.211. The van der Waals surface area contributed by atoms with Crippen LogP contribution in [0.3, 0.4) is 0 Å². The third-order valence-electron chi connectivity index (χ3n) is 1.89. The molecule has 3 nitrogen and oxygen atoms in total. The number of nitrogens with one attached hydrogen (secondary N) is 1. The highest BCUT2D eigenvalue weighted by Crippen LogP contribution is 2.09. The van der Waals surface area contributed by atoms with Crippen molar-refractivity contribution in [2.45, 2.75) is 25.8 Å². The van der Waals surface area contributed by atoms with Gasteiger partial charge in [0.2, 0.25) is 0 Å². The van der Waals surface area contributed by atoms with Crippen LogP contribution in [0.1, 0.15) is 20.3 Å². The topological polar surface area (TPSA) is 38.3 Å². The zero-order valence-electron chi connectivity index (χ0n) is 7.43. The van der Waals surface area contributed by atoms with E-state index in [0.29, 0.717) is 0 Å². The van der Waals surface area contributed by atoms with Crippen LogP contribution in [0, 0.1) is 0 Å². The molecule has 0 spiro atoms. The van der Waals surface area contributed by atoms with Gasteiger partial charge in [0.05, 0.1) is 7.11 Å². The first-order valence-corrected chi connectivity index (χ1v) is 3.38. The van der Waals surface area contributed by atoms with E-state index in [1.165, 1.54) is 7.11 Å². The second-order valence-corrected chi connectivity index (χ2v) is 2.43. The lowest BCUT2D eigenvalue weighted by molar-refractivity contribution is -0.147. The Balaban J connectivity index is 0. The SMILES string of the molecule is CCC(C)(NC)C(=O)OC.Cl. The second kappa shape index (κ2) is 5.38. The van der Waals surface area contributed by atoms with Gasteiger partial charge in [-0.05, 0) is 20.4 Å². The first kappa shape index (κ1) is 13.3. The van der Waals surface area contributed by atoms with Crippen LogP contribution in [0.2, 0.25) is 0 Å². The van der Waals surface area contributed by atoms with Gasteiger partial charge in [0.15, 0.2) is 0 Å². The molecule has 0 aliphatic heterocycles. The smallest absolute Gasteiger partial charge is 0.325 e. The minimum Gasteiger partial charge on any atom is -0.468 e. The Morgan fingerprint density at radius 2 is 2.09 bits per heavy atom. The lowest BCUT2D eigenvalue weighted by Gasteiger charge is -2.23. The molecule has 0 aromatic carbocycles. The van der Waals surface area contributed by atoms with Crippen molar-refractivity contribution in [3.05, 3.63) is 0 Å². The van der Waals surface area contributed by atoms with Crippen LogP contribution in [0.15, 0.2) is 0 Å². The predicted octanol–water partition coefficient (Wildman–Crippen LogP) is 0.969. The summed E-state index contributed by atoms with van der Waals surface area (Å²) >= 11 is 0. The van der Waals surface area contributed by atoms with Gasteiger partial charge in [-0.2, -0.15) is 0 Å². The zero-order chi connectivity index (χ0) is 8.20. The van der Waals surface area contributed by atoms with Crippen LogP contribution in [-0.2, 0) is 9.53 Å². The van der Waals surface area contributed by atoms with E-state index in [1.54, 1.807) is 7.05 Å². The first-order valence-electron chi connectivity index (χ1n) is 3.38. The Morgan fingerprint density at radius 3 is 2.18 bits per heavy atom. The highest BCUT2D eigenvalue weighted by atomic mass is 35.5. The Morgan fingerprint density at radius 1 is 1.64 bits per heavy atom. The van der Waals surface area contributed by atoms with E-state index in [4.69, 9.17) is 0 Å². The van der Waals surface area contributed by atoms with Crippen molar-refractivity contribution >= 4 is 18.4 Å². The van der Waals surface area contributed by atoms with Gasteiger partial charge in [0.1, 0.15) is 5.54 Å². The molecule has 4 heteroatoms. The van der Waals surface area contributed by atoms with Crippen LogP contribution in [0.25, 0.3) is 0 Å². The Bertz CT molecular complexity index is 124. The van der Waals surface area contributed by atoms with Crippen molar-refractivity contribution in [3.63, 3.8) is 0 Å². The lowest BCUT2D eigenvalue weighted by atomic mass is 10.00. The van der Waals surface area contributed by atoms with E-state index in [0.717, 1.165) is 6.42 Å². The quantitative estimate of drug-likeness (QED) is 0.660. The van der Waals surface area contributed by atoms with Crippen molar-refractivity contribution in [1.29, 1.82) is 0 Å². The highest BCUT2D eigenvalue weighted by Gasteiger charge is 2.29. The molecule has 0 saturated heterocycles. The summed E-state index contributed by atoms with van der Waals surface area (Å²) in [6.45, 7) is 3.76. The average Bonchev–Trinajstić information content (AvgIpc) is 2.01. The molecule has 0 rings (SSSR count). The van der Waals surface area contributed by atoms with Crippen molar-refractivity contribution in [2.24, 2.45) is 0 Å². The number of carbonyl (C=O) groups is 1. The maximum absolute atomic E-state index is 11.0. The molecule has 0 saturated carbocycles. The van der Waals surface area contributed by atoms with E-state index >= 15 is 0 Å². The molecule has 0 amide bonds. The van der Waals surface area contributed by atoms with E-state index in [-0.39, 0.29) is 18.4 Å². The molecule has 0 bridgehead atoms. The van der Waals surface area contributed by atoms with Gasteiger partial charge in [-0.25, -0.2) is 0 Å². The molecule has 0 aliphatic carbocycles. The highest BCUT2D eigenvalue weighted by molar-refractivity contribution is 5.85. The van der Waals surface area contributed by atoms with Gasteiger partial charge in [0, 0.05) is 0 Å². The van der Waals surface area contributed by atoms with Crippen LogP contribution in [0.4, 0.5) is 0 Å². The maximum atomic E-state index is 11.0. The van der Waals surface area contributed by atoms with Crippen LogP contribution < -0.4 is 5.32 Å². The van der Waals surface area contributed by atoms with Crippen LogP contribution in [0.5, 0.6) is 0 Å². The number of esters is 1. The van der Waals surface area contributed by atoms with Crippen molar-refractivity contribution in [3.8, 4) is 0 Å². The fourth-order valence-corrected chi connectivity index (χ4v) is 0.648. The number of likely N-dealkylation sites (N-methyl/N-ethyl adjacent to an activating group) is 1. The number of hydrogen-bond donors (Lipinski definition) is 1. The molecule has 1 atom stereocenters. The van der Waals surface area contributed by atoms with E-state index in [2.05, 4.69) is 10.1 Å². The summed E-state index contributed by atoms with van der Waals surface area (Å²) in [6.07, 6.45) is 0.732. The summed E-state index contributed by atoms with van der Waals surface area (Å²) < 4.78 is 4.60. The van der Waals surface area contributed by atoms with Crippen LogP contribution in [-0.4, -0.2) is 25.7 Å². The van der Waals surface area contributed by atoms with Crippen molar-refractivity contribution in [1.82, 2.24) is 5.32 Å². The molecular weight excluding hydrogens is 166 g/mol. The molecule has 1 unspecified atom stereocenters.